The fraction of sp³-hybridized carbons (Fsp3) is 0.136. The molecule has 2 heterocycles. The van der Waals surface area contributed by atoms with E-state index in [1.807, 2.05) is 30.3 Å². The van der Waals surface area contributed by atoms with Gasteiger partial charge in [-0.3, -0.25) is 9.59 Å². The summed E-state index contributed by atoms with van der Waals surface area (Å²) in [4.78, 5) is 25.6. The van der Waals surface area contributed by atoms with Gasteiger partial charge >= 0.3 is 0 Å². The summed E-state index contributed by atoms with van der Waals surface area (Å²) in [6.07, 6.45) is 3.07. The predicted molar refractivity (Wildman–Crippen MR) is 117 cm³/mol. The monoisotopic (exact) mass is 438 g/mol. The number of aliphatic hydroxyl groups is 1. The first-order valence-corrected chi connectivity index (χ1v) is 9.80. The number of carbonyl (C=O) groups excluding carboxylic acids is 1. The van der Waals surface area contributed by atoms with Crippen LogP contribution in [0.25, 0.3) is 16.8 Å². The number of halogens is 1. The van der Waals surface area contributed by atoms with E-state index in [0.29, 0.717) is 27.7 Å². The minimum absolute atomic E-state index is 0.213. The summed E-state index contributed by atoms with van der Waals surface area (Å²) < 4.78 is 7.79. The van der Waals surface area contributed by atoms with Crippen LogP contribution in [0.3, 0.4) is 0 Å². The van der Waals surface area contributed by atoms with E-state index in [4.69, 9.17) is 16.3 Å². The number of anilines is 1. The largest absolute Gasteiger partial charge is 0.495 e. The van der Waals surface area contributed by atoms with Gasteiger partial charge in [0.1, 0.15) is 17.8 Å². The Hall–Kier alpha value is -3.62. The molecule has 4 rings (SSSR count). The second-order valence-corrected chi connectivity index (χ2v) is 7.18. The normalized spacial score (nSPS) is 10.9. The maximum absolute atomic E-state index is 13.1. The summed E-state index contributed by atoms with van der Waals surface area (Å²) in [6.45, 7) is -0.570. The Kier molecular flexibility index (Phi) is 5.75. The minimum atomic E-state index is -0.427. The van der Waals surface area contributed by atoms with E-state index in [0.717, 1.165) is 5.56 Å². The molecule has 0 aliphatic heterocycles. The summed E-state index contributed by atoms with van der Waals surface area (Å²) in [5.41, 5.74) is 2.00. The van der Waals surface area contributed by atoms with E-state index < -0.39 is 11.5 Å². The Morgan fingerprint density at radius 2 is 1.97 bits per heavy atom. The number of carbonyl (C=O) groups is 1. The number of rotatable bonds is 6. The SMILES string of the molecule is COc1ccc(NC(=O)Cn2ccn3nc(-c4ccccc4)c(CO)c3c2=O)cc1Cl. The molecule has 0 radical (unpaired) electrons. The van der Waals surface area contributed by atoms with Crippen molar-refractivity contribution in [1.29, 1.82) is 0 Å². The van der Waals surface area contributed by atoms with Crippen LogP contribution in [-0.2, 0) is 17.9 Å². The van der Waals surface area contributed by atoms with Crippen LogP contribution < -0.4 is 15.6 Å². The lowest BCUT2D eigenvalue weighted by molar-refractivity contribution is -0.116. The van der Waals surface area contributed by atoms with Crippen LogP contribution in [0.4, 0.5) is 5.69 Å². The Morgan fingerprint density at radius 1 is 1.19 bits per heavy atom. The van der Waals surface area contributed by atoms with E-state index in [1.165, 1.54) is 22.4 Å². The van der Waals surface area contributed by atoms with Crippen molar-refractivity contribution in [3.63, 3.8) is 0 Å². The molecule has 9 heteroatoms. The van der Waals surface area contributed by atoms with Gasteiger partial charge < -0.3 is 19.7 Å². The summed E-state index contributed by atoms with van der Waals surface area (Å²) in [6, 6.07) is 14.2. The van der Waals surface area contributed by atoms with Gasteiger partial charge in [-0.2, -0.15) is 5.10 Å². The molecule has 0 saturated carbocycles. The highest BCUT2D eigenvalue weighted by atomic mass is 35.5. The maximum atomic E-state index is 13.1. The van der Waals surface area contributed by atoms with E-state index in [9.17, 15) is 14.7 Å². The molecule has 0 aliphatic rings. The van der Waals surface area contributed by atoms with Gasteiger partial charge in [-0.15, -0.1) is 0 Å². The highest BCUT2D eigenvalue weighted by molar-refractivity contribution is 6.32. The van der Waals surface area contributed by atoms with Crippen LogP contribution in [0.2, 0.25) is 5.02 Å². The molecular weight excluding hydrogens is 420 g/mol. The molecule has 158 valence electrons. The minimum Gasteiger partial charge on any atom is -0.495 e. The second-order valence-electron chi connectivity index (χ2n) is 6.77. The van der Waals surface area contributed by atoms with Gasteiger partial charge in [0.25, 0.3) is 5.56 Å². The number of hydrogen-bond donors (Lipinski definition) is 2. The highest BCUT2D eigenvalue weighted by Crippen LogP contribution is 2.27. The van der Waals surface area contributed by atoms with Gasteiger partial charge in [0, 0.05) is 29.2 Å². The molecule has 0 unspecified atom stereocenters. The number of hydrogen-bond acceptors (Lipinski definition) is 5. The van der Waals surface area contributed by atoms with Crippen LogP contribution in [0.1, 0.15) is 5.56 Å². The number of nitrogens with one attached hydrogen (secondary N) is 1. The Bertz CT molecular complexity index is 1310. The third kappa shape index (κ3) is 4.03. The molecule has 1 amide bonds. The molecule has 31 heavy (non-hydrogen) atoms. The second kappa shape index (κ2) is 8.63. The summed E-state index contributed by atoms with van der Waals surface area (Å²) in [7, 11) is 1.50. The first-order chi connectivity index (χ1) is 15.0. The predicted octanol–water partition coefficient (Wildman–Crippen LogP) is 2.96. The number of fused-ring (bicyclic) bond motifs is 1. The van der Waals surface area contributed by atoms with Crippen molar-refractivity contribution in [2.45, 2.75) is 13.2 Å². The standard InChI is InChI=1S/C22H19ClN4O4/c1-31-18-8-7-15(11-17(18)23)24-19(29)12-26-9-10-27-21(22(26)30)16(13-28)20(25-27)14-5-3-2-4-6-14/h2-11,28H,12-13H2,1H3,(H,24,29). The molecule has 4 aromatic rings. The van der Waals surface area contributed by atoms with Crippen LogP contribution in [-0.4, -0.2) is 32.3 Å². The lowest BCUT2D eigenvalue weighted by Gasteiger charge is -2.09. The zero-order valence-electron chi connectivity index (χ0n) is 16.6. The zero-order valence-corrected chi connectivity index (χ0v) is 17.3. The van der Waals surface area contributed by atoms with Crippen molar-refractivity contribution in [2.75, 3.05) is 12.4 Å². The van der Waals surface area contributed by atoms with Gasteiger partial charge in [-0.1, -0.05) is 41.9 Å². The fourth-order valence-corrected chi connectivity index (χ4v) is 3.61. The van der Waals surface area contributed by atoms with Crippen molar-refractivity contribution >= 4 is 28.7 Å². The number of aromatic nitrogens is 3. The molecule has 2 aromatic heterocycles. The van der Waals surface area contributed by atoms with Crippen molar-refractivity contribution in [3.8, 4) is 17.0 Å². The topological polar surface area (TPSA) is 97.9 Å². The van der Waals surface area contributed by atoms with E-state index in [2.05, 4.69) is 10.4 Å². The number of nitrogens with zero attached hydrogens (tertiary/aromatic N) is 3. The van der Waals surface area contributed by atoms with Gasteiger partial charge in [0.2, 0.25) is 5.91 Å². The quantitative estimate of drug-likeness (QED) is 0.482. The average Bonchev–Trinajstić information content (AvgIpc) is 3.16. The molecule has 2 aromatic carbocycles. The first-order valence-electron chi connectivity index (χ1n) is 9.42. The number of methoxy groups -OCH3 is 1. The van der Waals surface area contributed by atoms with E-state index in [-0.39, 0.29) is 18.7 Å². The van der Waals surface area contributed by atoms with Crippen molar-refractivity contribution < 1.29 is 14.6 Å². The fourth-order valence-electron chi connectivity index (χ4n) is 3.35. The lowest BCUT2D eigenvalue weighted by Crippen LogP contribution is -2.28. The number of amides is 1. The summed E-state index contributed by atoms with van der Waals surface area (Å²) in [5.74, 6) is 0.0915. The third-order valence-electron chi connectivity index (χ3n) is 4.81. The van der Waals surface area contributed by atoms with Gasteiger partial charge in [-0.05, 0) is 18.2 Å². The molecule has 0 aliphatic carbocycles. The van der Waals surface area contributed by atoms with E-state index in [1.54, 1.807) is 24.4 Å². The van der Waals surface area contributed by atoms with Crippen LogP contribution in [0.15, 0.2) is 65.7 Å². The lowest BCUT2D eigenvalue weighted by atomic mass is 10.1. The van der Waals surface area contributed by atoms with Crippen LogP contribution in [0.5, 0.6) is 5.75 Å². The zero-order chi connectivity index (χ0) is 22.0. The van der Waals surface area contributed by atoms with Crippen molar-refractivity contribution in [2.24, 2.45) is 0 Å². The molecular formula is C22H19ClN4O4. The maximum Gasteiger partial charge on any atom is 0.277 e. The smallest absolute Gasteiger partial charge is 0.277 e. The van der Waals surface area contributed by atoms with Gasteiger partial charge in [-0.25, -0.2) is 4.52 Å². The Labute approximate surface area is 182 Å². The molecule has 0 saturated heterocycles. The average molecular weight is 439 g/mol. The molecule has 0 atom stereocenters. The van der Waals surface area contributed by atoms with Gasteiger partial charge in [0.05, 0.1) is 24.4 Å². The molecule has 0 spiro atoms. The number of benzene rings is 2. The first kappa shape index (κ1) is 20.6. The Morgan fingerprint density at radius 3 is 2.65 bits per heavy atom. The Balaban J connectivity index is 1.64. The molecule has 0 fully saturated rings. The number of aliphatic hydroxyl groups excluding tert-OH is 1. The van der Waals surface area contributed by atoms with Crippen LogP contribution in [0, 0.1) is 0 Å². The number of ether oxygens (including phenoxy) is 1. The van der Waals surface area contributed by atoms with Gasteiger partial charge in [0.15, 0.2) is 0 Å². The van der Waals surface area contributed by atoms with Crippen molar-refractivity contribution in [1.82, 2.24) is 14.2 Å². The third-order valence-corrected chi connectivity index (χ3v) is 5.11. The summed E-state index contributed by atoms with van der Waals surface area (Å²) >= 11 is 6.09. The molecule has 0 bridgehead atoms. The van der Waals surface area contributed by atoms with E-state index >= 15 is 0 Å². The van der Waals surface area contributed by atoms with Crippen molar-refractivity contribution in [3.05, 3.63) is 81.9 Å². The molecule has 2 N–H and O–H groups in total. The summed E-state index contributed by atoms with van der Waals surface area (Å²) in [5, 5.41) is 17.4. The van der Waals surface area contributed by atoms with Crippen LogP contribution >= 0.6 is 11.6 Å². The molecule has 8 nitrogen and oxygen atoms in total. The highest BCUT2D eigenvalue weighted by Gasteiger charge is 2.18.